The number of fused-ring (bicyclic) bond motifs is 3. The maximum absolute atomic E-state index is 13.3. The Morgan fingerprint density at radius 2 is 1.67 bits per heavy atom. The van der Waals surface area contributed by atoms with Crippen molar-refractivity contribution >= 4 is 39.6 Å². The molecule has 0 N–H and O–H groups in total. The molecule has 0 atom stereocenters. The first-order chi connectivity index (χ1) is 11.5. The van der Waals surface area contributed by atoms with Crippen LogP contribution in [0.4, 0.5) is 8.78 Å². The van der Waals surface area contributed by atoms with Gasteiger partial charge in [0.1, 0.15) is 6.61 Å². The van der Waals surface area contributed by atoms with Crippen LogP contribution in [0.25, 0.3) is 21.5 Å². The van der Waals surface area contributed by atoms with Crippen molar-refractivity contribution in [2.24, 2.45) is 0 Å². The van der Waals surface area contributed by atoms with Gasteiger partial charge in [-0.15, -0.1) is 0 Å². The quantitative estimate of drug-likeness (QED) is 0.232. The summed E-state index contributed by atoms with van der Waals surface area (Å²) in [5.41, 5.74) is 0.599. The fourth-order valence-corrected chi connectivity index (χ4v) is 2.77. The molecule has 0 unspecified atom stereocenters. The van der Waals surface area contributed by atoms with E-state index in [-0.39, 0.29) is 6.61 Å². The summed E-state index contributed by atoms with van der Waals surface area (Å²) in [6.07, 6.45) is 0. The van der Waals surface area contributed by atoms with Gasteiger partial charge in [0.2, 0.25) is 0 Å². The predicted molar refractivity (Wildman–Crippen MR) is 84.9 cm³/mol. The smallest absolute Gasteiger partial charge is 0.412 e. The highest BCUT2D eigenvalue weighted by molar-refractivity contribution is 7.96. The normalized spacial score (nSPS) is 11.8. The minimum atomic E-state index is -4.05. The molecule has 0 radical (unpaired) electrons. The Bertz CT molecular complexity index is 898. The molecule has 3 aromatic carbocycles. The largest absolute Gasteiger partial charge is 0.710 e. The van der Waals surface area contributed by atoms with Gasteiger partial charge in [0.05, 0.1) is 12.0 Å². The van der Waals surface area contributed by atoms with Crippen LogP contribution in [-0.2, 0) is 20.5 Å². The lowest BCUT2D eigenvalue weighted by molar-refractivity contribution is -0.630. The van der Waals surface area contributed by atoms with Crippen LogP contribution in [0.15, 0.2) is 54.6 Å². The van der Waals surface area contributed by atoms with Crippen molar-refractivity contribution in [3.8, 4) is 0 Å². The lowest BCUT2D eigenvalue weighted by Gasteiger charge is -2.16. The van der Waals surface area contributed by atoms with Gasteiger partial charge < -0.3 is 14.3 Å². The van der Waals surface area contributed by atoms with Gasteiger partial charge in [0.15, 0.2) is 0 Å². The third-order valence-electron chi connectivity index (χ3n) is 3.59. The molecule has 0 amide bonds. The summed E-state index contributed by atoms with van der Waals surface area (Å²) >= 11 is -0.780. The molecule has 24 heavy (non-hydrogen) atoms. The fourth-order valence-electron chi connectivity index (χ4n) is 2.56. The van der Waals surface area contributed by atoms with Crippen LogP contribution in [0.1, 0.15) is 5.56 Å². The monoisotopic (exact) mass is 349 g/mol. The second-order valence-electron chi connectivity index (χ2n) is 5.05. The highest BCUT2D eigenvalue weighted by Gasteiger charge is 2.42. The van der Waals surface area contributed by atoms with Gasteiger partial charge in [0, 0.05) is 0 Å². The van der Waals surface area contributed by atoms with E-state index >= 15 is 0 Å². The summed E-state index contributed by atoms with van der Waals surface area (Å²) in [6.45, 7) is -0.334. The Hall–Kier alpha value is -2.22. The predicted octanol–water partition coefficient (Wildman–Crippen LogP) is 3.57. The Morgan fingerprint density at radius 3 is 2.38 bits per heavy atom. The van der Waals surface area contributed by atoms with E-state index in [4.69, 9.17) is 0 Å². The zero-order chi connectivity index (χ0) is 17.2. The molecule has 4 nitrogen and oxygen atoms in total. The Balaban J connectivity index is 1.95. The molecular formula is C17H11F2O4S-. The number of esters is 1. The van der Waals surface area contributed by atoms with E-state index in [1.807, 2.05) is 48.5 Å². The first-order valence-corrected chi connectivity index (χ1v) is 7.69. The van der Waals surface area contributed by atoms with E-state index in [0.29, 0.717) is 5.56 Å². The number of rotatable bonds is 5. The van der Waals surface area contributed by atoms with Crippen LogP contribution in [0.2, 0.25) is 0 Å². The number of benzene rings is 3. The Kier molecular flexibility index (Phi) is 4.66. The standard InChI is InChI=1S/C17H12F2O4S/c18-17(19,24-23-21)16(20)22-10-12-9-11-5-1-2-6-13(11)15-8-4-3-7-14(12)15/h1-9,21H,10H2/p-1. The molecule has 0 saturated carbocycles. The Morgan fingerprint density at radius 1 is 1.04 bits per heavy atom. The summed E-state index contributed by atoms with van der Waals surface area (Å²) in [4.78, 5) is 11.4. The Labute approximate surface area is 140 Å². The third-order valence-corrected chi connectivity index (χ3v) is 4.03. The van der Waals surface area contributed by atoms with Gasteiger partial charge >= 0.3 is 11.2 Å². The van der Waals surface area contributed by atoms with Crippen molar-refractivity contribution in [3.63, 3.8) is 0 Å². The molecule has 3 rings (SSSR count). The van der Waals surface area contributed by atoms with Gasteiger partial charge in [-0.25, -0.2) is 4.79 Å². The topological polar surface area (TPSA) is 58.6 Å². The number of hydrogen-bond acceptors (Lipinski definition) is 5. The molecular weight excluding hydrogens is 338 g/mol. The molecule has 0 aliphatic carbocycles. The number of hydrogen-bond donors (Lipinski definition) is 0. The van der Waals surface area contributed by atoms with Crippen LogP contribution in [0.5, 0.6) is 0 Å². The molecule has 0 spiro atoms. The van der Waals surface area contributed by atoms with E-state index in [9.17, 15) is 18.8 Å². The van der Waals surface area contributed by atoms with Crippen LogP contribution in [0, 0.1) is 0 Å². The van der Waals surface area contributed by atoms with Crippen molar-refractivity contribution < 1.29 is 27.9 Å². The first-order valence-electron chi connectivity index (χ1n) is 6.95. The van der Waals surface area contributed by atoms with Crippen LogP contribution >= 0.6 is 12.0 Å². The van der Waals surface area contributed by atoms with E-state index in [1.165, 1.54) is 0 Å². The van der Waals surface area contributed by atoms with Crippen LogP contribution in [-0.4, -0.2) is 11.2 Å². The maximum atomic E-state index is 13.3. The molecule has 0 saturated heterocycles. The second-order valence-corrected chi connectivity index (χ2v) is 5.86. The summed E-state index contributed by atoms with van der Waals surface area (Å²) in [5.74, 6) is -1.82. The highest BCUT2D eigenvalue weighted by Crippen LogP contribution is 2.32. The number of halogens is 2. The van der Waals surface area contributed by atoms with Crippen molar-refractivity contribution in [2.75, 3.05) is 0 Å². The average Bonchev–Trinajstić information content (AvgIpc) is 2.59. The molecule has 0 heterocycles. The molecule has 0 aliphatic heterocycles. The van der Waals surface area contributed by atoms with E-state index in [2.05, 4.69) is 9.07 Å². The summed E-state index contributed by atoms with van der Waals surface area (Å²) in [7, 11) is 0. The highest BCUT2D eigenvalue weighted by atomic mass is 32.2. The van der Waals surface area contributed by atoms with Gasteiger partial charge in [-0.1, -0.05) is 48.5 Å². The molecule has 0 fully saturated rings. The van der Waals surface area contributed by atoms with Gasteiger partial charge in [-0.3, -0.25) is 0 Å². The minimum Gasteiger partial charge on any atom is -0.710 e. The first kappa shape index (κ1) is 16.6. The fraction of sp³-hybridized carbons (Fsp3) is 0.118. The summed E-state index contributed by atoms with van der Waals surface area (Å²) in [5, 5.41) is 9.44. The van der Waals surface area contributed by atoms with Crippen molar-refractivity contribution in [1.82, 2.24) is 0 Å². The van der Waals surface area contributed by atoms with Crippen molar-refractivity contribution in [3.05, 3.63) is 60.2 Å². The van der Waals surface area contributed by atoms with E-state index in [0.717, 1.165) is 21.5 Å². The number of carbonyl (C=O) groups excluding carboxylic acids is 1. The molecule has 0 bridgehead atoms. The van der Waals surface area contributed by atoms with Gasteiger partial charge in [-0.05, 0) is 33.2 Å². The average molecular weight is 349 g/mol. The van der Waals surface area contributed by atoms with Crippen LogP contribution in [0.3, 0.4) is 0 Å². The van der Waals surface area contributed by atoms with Gasteiger partial charge in [-0.2, -0.15) is 8.78 Å². The van der Waals surface area contributed by atoms with Crippen molar-refractivity contribution in [2.45, 2.75) is 11.9 Å². The zero-order valence-corrected chi connectivity index (χ0v) is 13.0. The number of alkyl halides is 2. The number of carbonyl (C=O) groups is 1. The van der Waals surface area contributed by atoms with E-state index < -0.39 is 23.3 Å². The summed E-state index contributed by atoms with van der Waals surface area (Å²) < 4.78 is 34.2. The lowest BCUT2D eigenvalue weighted by atomic mass is 9.98. The SMILES string of the molecule is O=C(OCc1cc2ccccc2c2ccccc12)C(F)(F)SO[O-]. The van der Waals surface area contributed by atoms with E-state index in [1.54, 1.807) is 6.07 Å². The zero-order valence-electron chi connectivity index (χ0n) is 12.2. The number of ether oxygens (including phenoxy) is 1. The molecule has 3 aromatic rings. The molecule has 124 valence electrons. The van der Waals surface area contributed by atoms with Crippen LogP contribution < -0.4 is 5.26 Å². The lowest BCUT2D eigenvalue weighted by Crippen LogP contribution is -2.28. The van der Waals surface area contributed by atoms with Crippen molar-refractivity contribution in [1.29, 1.82) is 0 Å². The second kappa shape index (κ2) is 6.72. The van der Waals surface area contributed by atoms with Gasteiger partial charge in [0.25, 0.3) is 0 Å². The maximum Gasteiger partial charge on any atom is 0.412 e. The molecule has 0 aliphatic rings. The minimum absolute atomic E-state index is 0.334. The summed E-state index contributed by atoms with van der Waals surface area (Å²) in [6, 6.07) is 16.9. The third kappa shape index (κ3) is 3.19. The molecule has 7 heteroatoms. The molecule has 0 aromatic heterocycles.